The molecule has 1 aromatic rings. The zero-order valence-electron chi connectivity index (χ0n) is 25.9. The van der Waals surface area contributed by atoms with Crippen molar-refractivity contribution in [3.63, 3.8) is 0 Å². The SMILES string of the molecule is C=C(C)CN=C1CCCC/C1=C(/N)C=C=O.CCCCC(CCC)Oc1ccc(F)cc1C.CN1CCCCC1. The fourth-order valence-corrected chi connectivity index (χ4v) is 4.75. The third-order valence-electron chi connectivity index (χ3n) is 7.04. The van der Waals surface area contributed by atoms with Gasteiger partial charge in [-0.2, -0.15) is 0 Å². The lowest BCUT2D eigenvalue weighted by atomic mass is 9.91. The van der Waals surface area contributed by atoms with Crippen LogP contribution in [0.15, 0.2) is 52.7 Å². The normalized spacial score (nSPS) is 18.3. The highest BCUT2D eigenvalue weighted by Crippen LogP contribution is 2.24. The highest BCUT2D eigenvalue weighted by Gasteiger charge is 2.15. The Labute approximate surface area is 243 Å². The third-order valence-corrected chi connectivity index (χ3v) is 7.04. The summed E-state index contributed by atoms with van der Waals surface area (Å²) >= 11 is 0. The molecule has 224 valence electrons. The Kier molecular flexibility index (Phi) is 18.6. The van der Waals surface area contributed by atoms with Crippen molar-refractivity contribution < 1.29 is 13.9 Å². The molecule has 0 spiro atoms. The van der Waals surface area contributed by atoms with E-state index in [1.165, 1.54) is 63.4 Å². The summed E-state index contributed by atoms with van der Waals surface area (Å²) in [4.78, 5) is 17.2. The lowest BCUT2D eigenvalue weighted by molar-refractivity contribution is 0.175. The summed E-state index contributed by atoms with van der Waals surface area (Å²) in [5, 5.41) is 0. The lowest BCUT2D eigenvalue weighted by Crippen LogP contribution is -2.24. The van der Waals surface area contributed by atoms with Crippen LogP contribution in [0, 0.1) is 12.7 Å². The van der Waals surface area contributed by atoms with E-state index in [2.05, 4.69) is 37.4 Å². The Balaban J connectivity index is 0.000000324. The molecule has 6 heteroatoms. The number of nitrogens with zero attached hydrogens (tertiary/aromatic N) is 2. The maximum atomic E-state index is 13.0. The van der Waals surface area contributed by atoms with Crippen LogP contribution in [0.2, 0.25) is 0 Å². The van der Waals surface area contributed by atoms with Crippen molar-refractivity contribution >= 4 is 11.7 Å². The average molecular weight is 556 g/mol. The molecule has 2 N–H and O–H groups in total. The van der Waals surface area contributed by atoms with Gasteiger partial charge in [0.15, 0.2) is 0 Å². The van der Waals surface area contributed by atoms with Crippen molar-refractivity contribution in [2.24, 2.45) is 10.7 Å². The quantitative estimate of drug-likeness (QED) is 0.234. The topological polar surface area (TPSA) is 67.9 Å². The molecule has 0 amide bonds. The van der Waals surface area contributed by atoms with Crippen LogP contribution in [-0.2, 0) is 4.79 Å². The molecule has 0 radical (unpaired) electrons. The van der Waals surface area contributed by atoms with E-state index in [1.54, 1.807) is 12.0 Å². The highest BCUT2D eigenvalue weighted by atomic mass is 19.1. The molecule has 40 heavy (non-hydrogen) atoms. The van der Waals surface area contributed by atoms with Gasteiger partial charge in [0.05, 0.1) is 12.6 Å². The van der Waals surface area contributed by atoms with E-state index in [0.29, 0.717) is 12.2 Å². The van der Waals surface area contributed by atoms with Gasteiger partial charge in [-0.15, -0.1) is 0 Å². The average Bonchev–Trinajstić information content (AvgIpc) is 2.93. The fourth-order valence-electron chi connectivity index (χ4n) is 4.75. The number of aliphatic imine (C=N–C) groups is 1. The number of nitrogens with two attached hydrogens (primary N) is 1. The lowest BCUT2D eigenvalue weighted by Gasteiger charge is -2.20. The Morgan fingerprint density at radius 1 is 1.15 bits per heavy atom. The molecule has 5 nitrogen and oxygen atoms in total. The number of likely N-dealkylation sites (tertiary alicyclic amines) is 1. The third kappa shape index (κ3) is 15.2. The van der Waals surface area contributed by atoms with Crippen molar-refractivity contribution in [1.29, 1.82) is 0 Å². The molecular formula is C34H54FN3O2. The number of halogens is 1. The number of rotatable bonds is 10. The zero-order chi connectivity index (χ0) is 29.8. The number of hydrogen-bond acceptors (Lipinski definition) is 5. The summed E-state index contributed by atoms with van der Waals surface area (Å²) in [6.07, 6.45) is 15.6. The van der Waals surface area contributed by atoms with Gasteiger partial charge < -0.3 is 15.4 Å². The van der Waals surface area contributed by atoms with E-state index in [-0.39, 0.29) is 11.9 Å². The van der Waals surface area contributed by atoms with E-state index < -0.39 is 0 Å². The van der Waals surface area contributed by atoms with Crippen molar-refractivity contribution in [3.05, 3.63) is 59.1 Å². The van der Waals surface area contributed by atoms with E-state index >= 15 is 0 Å². The molecule has 0 bridgehead atoms. The summed E-state index contributed by atoms with van der Waals surface area (Å²) < 4.78 is 19.0. The van der Waals surface area contributed by atoms with Crippen molar-refractivity contribution in [1.82, 2.24) is 4.90 Å². The Morgan fingerprint density at radius 2 is 1.85 bits per heavy atom. The Hall–Kier alpha value is -2.69. The van der Waals surface area contributed by atoms with E-state index in [9.17, 15) is 9.18 Å². The van der Waals surface area contributed by atoms with Crippen LogP contribution in [0.4, 0.5) is 4.39 Å². The second-order valence-electron chi connectivity index (χ2n) is 11.1. The summed E-state index contributed by atoms with van der Waals surface area (Å²) in [6.45, 7) is 15.3. The van der Waals surface area contributed by atoms with Crippen LogP contribution in [-0.4, -0.2) is 49.3 Å². The number of hydrogen-bond donors (Lipinski definition) is 1. The van der Waals surface area contributed by atoms with Gasteiger partial charge in [0, 0.05) is 17.5 Å². The van der Waals surface area contributed by atoms with Crippen LogP contribution < -0.4 is 10.5 Å². The molecule has 1 unspecified atom stereocenters. The van der Waals surface area contributed by atoms with Gasteiger partial charge in [-0.1, -0.05) is 51.7 Å². The number of aryl methyl sites for hydroxylation is 1. The number of unbranched alkanes of at least 4 members (excludes halogenated alkanes) is 1. The molecule has 1 atom stereocenters. The predicted octanol–water partition coefficient (Wildman–Crippen LogP) is 8.15. The molecule has 1 aliphatic carbocycles. The standard InChI is InChI=1S/C15H23FO.C13H18N2O.C6H13N/c1-4-6-8-14(7-5-2)17-15-10-9-13(16)11-12(15)3;1-10(2)9-15-13-6-4-3-5-11(13)12(14)7-8-16;1-7-5-3-2-4-6-7/h9-11,14H,4-8H2,1-3H3;7H,1,3-6,9,14H2,2H3;2-6H2,1H3/b;12-11-,15-13?;. The monoisotopic (exact) mass is 555 g/mol. The van der Waals surface area contributed by atoms with E-state index in [4.69, 9.17) is 10.5 Å². The first kappa shape index (κ1) is 35.3. The highest BCUT2D eigenvalue weighted by molar-refractivity contribution is 6.02. The van der Waals surface area contributed by atoms with Gasteiger partial charge in [-0.3, -0.25) is 4.99 Å². The van der Waals surface area contributed by atoms with Crippen LogP contribution in [0.5, 0.6) is 5.75 Å². The second-order valence-corrected chi connectivity index (χ2v) is 11.1. The number of piperidine rings is 1. The maximum Gasteiger partial charge on any atom is 0.126 e. The van der Waals surface area contributed by atoms with Gasteiger partial charge in [-0.25, -0.2) is 9.18 Å². The summed E-state index contributed by atoms with van der Waals surface area (Å²) in [5.74, 6) is 2.34. The number of allylic oxidation sites excluding steroid dienone is 2. The predicted molar refractivity (Wildman–Crippen MR) is 168 cm³/mol. The van der Waals surface area contributed by atoms with Gasteiger partial charge in [0.25, 0.3) is 0 Å². The van der Waals surface area contributed by atoms with Crippen molar-refractivity contribution in [2.45, 2.75) is 111 Å². The van der Waals surface area contributed by atoms with Crippen LogP contribution >= 0.6 is 0 Å². The Bertz CT molecular complexity index is 989. The first-order valence-electron chi connectivity index (χ1n) is 15.2. The minimum atomic E-state index is -0.199. The van der Waals surface area contributed by atoms with Gasteiger partial charge >= 0.3 is 0 Å². The molecule has 2 aliphatic rings. The van der Waals surface area contributed by atoms with Gasteiger partial charge in [-0.05, 0) is 115 Å². The summed E-state index contributed by atoms with van der Waals surface area (Å²) in [7, 11) is 2.19. The largest absolute Gasteiger partial charge is 0.490 e. The molecule has 1 aliphatic heterocycles. The van der Waals surface area contributed by atoms with E-state index in [1.807, 2.05) is 13.8 Å². The van der Waals surface area contributed by atoms with E-state index in [0.717, 1.165) is 73.1 Å². The van der Waals surface area contributed by atoms with Crippen molar-refractivity contribution in [3.8, 4) is 5.75 Å². The van der Waals surface area contributed by atoms with Crippen LogP contribution in [0.3, 0.4) is 0 Å². The molecule has 1 saturated carbocycles. The minimum Gasteiger partial charge on any atom is -0.490 e. The molecular weight excluding hydrogens is 501 g/mol. The number of benzene rings is 1. The smallest absolute Gasteiger partial charge is 0.126 e. The molecule has 1 aromatic carbocycles. The molecule has 2 fully saturated rings. The van der Waals surface area contributed by atoms with Crippen LogP contribution in [0.25, 0.3) is 0 Å². The molecule has 1 saturated heterocycles. The first-order chi connectivity index (χ1) is 19.2. The molecule has 1 heterocycles. The molecule has 0 aromatic heterocycles. The number of ether oxygens (including phenoxy) is 1. The van der Waals surface area contributed by atoms with Gasteiger partial charge in [0.2, 0.25) is 0 Å². The van der Waals surface area contributed by atoms with Crippen LogP contribution in [0.1, 0.15) is 103 Å². The molecule has 3 rings (SSSR count). The summed E-state index contributed by atoms with van der Waals surface area (Å²) in [6, 6.07) is 4.72. The zero-order valence-corrected chi connectivity index (χ0v) is 25.9. The second kappa shape index (κ2) is 21.1. The maximum absolute atomic E-state index is 13.0. The fraction of sp³-hybridized carbons (Fsp3) is 0.618. The summed E-state index contributed by atoms with van der Waals surface area (Å²) in [5.41, 5.74) is 10.3. The van der Waals surface area contributed by atoms with Crippen molar-refractivity contribution in [2.75, 3.05) is 26.7 Å². The Morgan fingerprint density at radius 3 is 2.40 bits per heavy atom. The number of carbonyl (C=O) groups excluding carboxylic acids is 1. The van der Waals surface area contributed by atoms with Gasteiger partial charge in [0.1, 0.15) is 17.5 Å². The minimum absolute atomic E-state index is 0.199. The first-order valence-corrected chi connectivity index (χ1v) is 15.2.